The summed E-state index contributed by atoms with van der Waals surface area (Å²) in [6, 6.07) is 12.6. The summed E-state index contributed by atoms with van der Waals surface area (Å²) in [6.07, 6.45) is 3.13. The second kappa shape index (κ2) is 13.8. The highest BCUT2D eigenvalue weighted by atomic mass is 16.6. The Labute approximate surface area is 222 Å². The van der Waals surface area contributed by atoms with Gasteiger partial charge in [0.25, 0.3) is 5.91 Å². The van der Waals surface area contributed by atoms with E-state index in [9.17, 15) is 14.4 Å². The molecule has 1 unspecified atom stereocenters. The van der Waals surface area contributed by atoms with Crippen molar-refractivity contribution in [3.63, 3.8) is 0 Å². The Morgan fingerprint density at radius 3 is 2.27 bits per heavy atom. The molecule has 0 aliphatic rings. The lowest BCUT2D eigenvalue weighted by atomic mass is 9.96. The molecule has 0 aromatic heterocycles. The Morgan fingerprint density at radius 2 is 1.65 bits per heavy atom. The molecule has 3 amide bonds. The molecule has 1 atom stereocenters. The number of benzene rings is 2. The van der Waals surface area contributed by atoms with Gasteiger partial charge >= 0.3 is 6.09 Å². The fourth-order valence-corrected chi connectivity index (χ4v) is 4.17. The predicted molar refractivity (Wildman–Crippen MR) is 149 cm³/mol. The van der Waals surface area contributed by atoms with Crippen molar-refractivity contribution in [1.82, 2.24) is 10.2 Å². The van der Waals surface area contributed by atoms with E-state index in [1.54, 1.807) is 25.7 Å². The molecule has 2 aromatic rings. The lowest BCUT2D eigenvalue weighted by Gasteiger charge is -2.33. The van der Waals surface area contributed by atoms with Crippen LogP contribution in [-0.2, 0) is 14.3 Å². The molecule has 2 aromatic carbocycles. The van der Waals surface area contributed by atoms with Crippen LogP contribution >= 0.6 is 0 Å². The molecule has 0 aliphatic carbocycles. The zero-order valence-corrected chi connectivity index (χ0v) is 23.4. The summed E-state index contributed by atoms with van der Waals surface area (Å²) in [4.78, 5) is 41.3. The molecule has 0 saturated carbocycles. The van der Waals surface area contributed by atoms with E-state index in [4.69, 9.17) is 4.74 Å². The van der Waals surface area contributed by atoms with Gasteiger partial charge in [0.15, 0.2) is 0 Å². The van der Waals surface area contributed by atoms with Crippen LogP contribution in [0.3, 0.4) is 0 Å². The molecule has 202 valence electrons. The first kappa shape index (κ1) is 29.9. The van der Waals surface area contributed by atoms with Crippen LogP contribution in [0.15, 0.2) is 42.5 Å². The zero-order chi connectivity index (χ0) is 27.6. The molecule has 2 N–H and O–H groups in total. The summed E-state index contributed by atoms with van der Waals surface area (Å²) in [5, 5.41) is 5.60. The molecule has 0 bridgehead atoms. The number of para-hydroxylation sites is 1. The molecular weight excluding hydrogens is 466 g/mol. The Morgan fingerprint density at radius 1 is 0.946 bits per heavy atom. The van der Waals surface area contributed by atoms with Gasteiger partial charge in [-0.3, -0.25) is 9.59 Å². The number of unbranched alkanes of at least 4 members (excludes halogenated alkanes) is 3. The number of hydrogen-bond acceptors (Lipinski definition) is 4. The van der Waals surface area contributed by atoms with Crippen LogP contribution in [0.4, 0.5) is 10.5 Å². The maximum absolute atomic E-state index is 13.8. The molecule has 0 saturated heterocycles. The Bertz CT molecular complexity index is 1070. The number of nitrogens with one attached hydrogen (secondary N) is 2. The average molecular weight is 510 g/mol. The first-order valence-corrected chi connectivity index (χ1v) is 13.1. The summed E-state index contributed by atoms with van der Waals surface area (Å²) in [7, 11) is 0. The third-order valence-electron chi connectivity index (χ3n) is 6.04. The van der Waals surface area contributed by atoms with Gasteiger partial charge in [0, 0.05) is 12.2 Å². The normalized spacial score (nSPS) is 12.0. The summed E-state index contributed by atoms with van der Waals surface area (Å²) in [6.45, 7) is 13.4. The fourth-order valence-electron chi connectivity index (χ4n) is 4.17. The third-order valence-corrected chi connectivity index (χ3v) is 6.04. The smallest absolute Gasteiger partial charge is 0.408 e. The van der Waals surface area contributed by atoms with Crippen molar-refractivity contribution >= 4 is 23.6 Å². The second-order valence-electron chi connectivity index (χ2n) is 10.6. The van der Waals surface area contributed by atoms with E-state index in [0.29, 0.717) is 12.2 Å². The molecule has 2 rings (SSSR count). The largest absolute Gasteiger partial charge is 0.444 e. The van der Waals surface area contributed by atoms with E-state index >= 15 is 0 Å². The van der Waals surface area contributed by atoms with Crippen LogP contribution in [0, 0.1) is 20.8 Å². The lowest BCUT2D eigenvalue weighted by molar-refractivity contribution is -0.138. The Balaban J connectivity index is 2.42. The van der Waals surface area contributed by atoms with Gasteiger partial charge in [0.2, 0.25) is 5.91 Å². The fraction of sp³-hybridized carbons (Fsp3) is 0.500. The minimum Gasteiger partial charge on any atom is -0.444 e. The number of carbonyl (C=O) groups is 3. The first-order valence-electron chi connectivity index (χ1n) is 13.1. The Kier molecular flexibility index (Phi) is 11.2. The molecule has 0 radical (unpaired) electrons. The van der Waals surface area contributed by atoms with Crippen LogP contribution < -0.4 is 10.6 Å². The second-order valence-corrected chi connectivity index (χ2v) is 10.6. The first-order chi connectivity index (χ1) is 17.4. The van der Waals surface area contributed by atoms with Crippen LogP contribution in [-0.4, -0.2) is 41.5 Å². The highest BCUT2D eigenvalue weighted by molar-refractivity contribution is 5.99. The molecule has 7 nitrogen and oxygen atoms in total. The monoisotopic (exact) mass is 509 g/mol. The van der Waals surface area contributed by atoms with Crippen molar-refractivity contribution in [3.8, 4) is 0 Å². The van der Waals surface area contributed by atoms with E-state index in [0.717, 1.165) is 47.9 Å². The van der Waals surface area contributed by atoms with E-state index < -0.39 is 17.7 Å². The molecular formula is C30H43N3O4. The number of alkyl carbamates (subject to hydrolysis) is 1. The van der Waals surface area contributed by atoms with Crippen LogP contribution in [0.25, 0.3) is 0 Å². The number of hydrogen-bond donors (Lipinski definition) is 2. The molecule has 0 spiro atoms. The van der Waals surface area contributed by atoms with Crippen molar-refractivity contribution in [1.29, 1.82) is 0 Å². The van der Waals surface area contributed by atoms with Crippen molar-refractivity contribution in [2.45, 2.75) is 85.8 Å². The van der Waals surface area contributed by atoms with Crippen molar-refractivity contribution < 1.29 is 19.1 Å². The maximum atomic E-state index is 13.8. The van der Waals surface area contributed by atoms with E-state index in [1.165, 1.54) is 0 Å². The number of rotatable bonds is 11. The van der Waals surface area contributed by atoms with Gasteiger partial charge in [0.05, 0.1) is 0 Å². The number of ether oxygens (including phenoxy) is 1. The minimum absolute atomic E-state index is 0.262. The van der Waals surface area contributed by atoms with Crippen molar-refractivity contribution in [3.05, 3.63) is 64.7 Å². The summed E-state index contributed by atoms with van der Waals surface area (Å²) in [5.74, 6) is -0.630. The SMILES string of the molecule is CCCCCCN(C(=O)CNC(=O)OC(C)(C)C)C(C(=O)Nc1ccccc1C)c1ccc(C)cc1C. The highest BCUT2D eigenvalue weighted by Crippen LogP contribution is 2.28. The maximum Gasteiger partial charge on any atom is 0.408 e. The van der Waals surface area contributed by atoms with Gasteiger partial charge in [-0.2, -0.15) is 0 Å². The van der Waals surface area contributed by atoms with Gasteiger partial charge < -0.3 is 20.3 Å². The number of carbonyl (C=O) groups excluding carboxylic acids is 3. The van der Waals surface area contributed by atoms with Crippen LogP contribution in [0.1, 0.15) is 81.7 Å². The van der Waals surface area contributed by atoms with Crippen LogP contribution in [0.5, 0.6) is 0 Å². The van der Waals surface area contributed by atoms with E-state index in [-0.39, 0.29) is 18.4 Å². The molecule has 37 heavy (non-hydrogen) atoms. The van der Waals surface area contributed by atoms with Crippen molar-refractivity contribution in [2.75, 3.05) is 18.4 Å². The summed E-state index contributed by atoms with van der Waals surface area (Å²) in [5.41, 5.74) is 3.72. The van der Waals surface area contributed by atoms with Gasteiger partial charge in [-0.25, -0.2) is 4.79 Å². The molecule has 7 heteroatoms. The van der Waals surface area contributed by atoms with Gasteiger partial charge in [-0.05, 0) is 70.7 Å². The quantitative estimate of drug-likeness (QED) is 0.352. The number of anilines is 1. The summed E-state index contributed by atoms with van der Waals surface area (Å²) < 4.78 is 5.30. The lowest BCUT2D eigenvalue weighted by Crippen LogP contribution is -2.47. The number of aryl methyl sites for hydroxylation is 3. The van der Waals surface area contributed by atoms with E-state index in [1.807, 2.05) is 63.2 Å². The van der Waals surface area contributed by atoms with Gasteiger partial charge in [-0.1, -0.05) is 68.1 Å². The zero-order valence-electron chi connectivity index (χ0n) is 23.4. The molecule has 0 heterocycles. The van der Waals surface area contributed by atoms with Crippen molar-refractivity contribution in [2.24, 2.45) is 0 Å². The topological polar surface area (TPSA) is 87.7 Å². The Hall–Kier alpha value is -3.35. The predicted octanol–water partition coefficient (Wildman–Crippen LogP) is 6.23. The number of amides is 3. The standard InChI is InChI=1S/C30H43N3O4/c1-8-9-10-13-18-33(26(34)20-31-29(36)37-30(5,6)7)27(24-17-16-21(2)19-23(24)4)28(35)32-25-15-12-11-14-22(25)3/h11-12,14-17,19,27H,8-10,13,18,20H2,1-7H3,(H,31,36)(H,32,35). The number of nitrogens with zero attached hydrogens (tertiary/aromatic N) is 1. The minimum atomic E-state index is -0.852. The summed E-state index contributed by atoms with van der Waals surface area (Å²) >= 11 is 0. The van der Waals surface area contributed by atoms with Gasteiger partial charge in [-0.15, -0.1) is 0 Å². The highest BCUT2D eigenvalue weighted by Gasteiger charge is 2.33. The van der Waals surface area contributed by atoms with Crippen LogP contribution in [0.2, 0.25) is 0 Å². The molecule has 0 fully saturated rings. The third kappa shape index (κ3) is 9.56. The molecule has 0 aliphatic heterocycles. The average Bonchev–Trinajstić information content (AvgIpc) is 2.80. The van der Waals surface area contributed by atoms with E-state index in [2.05, 4.69) is 17.6 Å². The van der Waals surface area contributed by atoms with Gasteiger partial charge in [0.1, 0.15) is 18.2 Å².